The number of rotatable bonds is 2. The van der Waals surface area contributed by atoms with Crippen LogP contribution in [0.15, 0.2) is 41.2 Å². The molecule has 0 unspecified atom stereocenters. The van der Waals surface area contributed by atoms with Crippen molar-refractivity contribution in [2.24, 2.45) is 5.73 Å². The number of hydrogen-bond donors (Lipinski definition) is 2. The number of allylic oxidation sites excluding steroid dienone is 2. The standard InChI is InChI=1S/C17H18N2O.C2H6/c18-8-6-11-2-1-3-12-10-13-4-5-15-14(7-9-19-15)17(13)20-16(11)12;1-2/h1,3-5,10,19H,2,6-9,18H2;1-2H3. The molecule has 1 aliphatic carbocycles. The van der Waals surface area contributed by atoms with Crippen molar-refractivity contribution in [1.82, 2.24) is 0 Å². The zero-order valence-corrected chi connectivity index (χ0v) is 13.4. The van der Waals surface area contributed by atoms with Gasteiger partial charge in [-0.25, -0.2) is 0 Å². The van der Waals surface area contributed by atoms with E-state index in [9.17, 15) is 0 Å². The molecule has 0 fully saturated rings. The minimum atomic E-state index is 0.671. The summed E-state index contributed by atoms with van der Waals surface area (Å²) in [5, 5.41) is 3.41. The third-order valence-electron chi connectivity index (χ3n) is 4.19. The maximum atomic E-state index is 6.31. The van der Waals surface area contributed by atoms with Gasteiger partial charge in [0.15, 0.2) is 0 Å². The maximum absolute atomic E-state index is 6.31. The Kier molecular flexibility index (Phi) is 4.34. The molecule has 22 heavy (non-hydrogen) atoms. The average Bonchev–Trinajstić information content (AvgIpc) is 3.05. The summed E-state index contributed by atoms with van der Waals surface area (Å²) >= 11 is 0. The van der Waals surface area contributed by atoms with Gasteiger partial charge in [0.05, 0.1) is 0 Å². The molecule has 2 aliphatic heterocycles. The molecule has 3 nitrogen and oxygen atoms in total. The van der Waals surface area contributed by atoms with E-state index in [0.29, 0.717) is 6.54 Å². The lowest BCUT2D eigenvalue weighted by atomic mass is 9.92. The fourth-order valence-electron chi connectivity index (χ4n) is 3.22. The van der Waals surface area contributed by atoms with Crippen LogP contribution in [0, 0.1) is 0 Å². The number of fused-ring (bicyclic) bond motifs is 4. The number of hydrogen-bond acceptors (Lipinski definition) is 3. The molecule has 1 aromatic rings. The van der Waals surface area contributed by atoms with Crippen LogP contribution in [0.25, 0.3) is 6.08 Å². The normalized spacial score (nSPS) is 17.3. The molecule has 3 aliphatic rings. The largest absolute Gasteiger partial charge is 0.456 e. The van der Waals surface area contributed by atoms with E-state index in [4.69, 9.17) is 10.5 Å². The van der Waals surface area contributed by atoms with Gasteiger partial charge in [0, 0.05) is 28.9 Å². The summed E-state index contributed by atoms with van der Waals surface area (Å²) in [7, 11) is 0. The Labute approximate surface area is 132 Å². The van der Waals surface area contributed by atoms with E-state index >= 15 is 0 Å². The molecule has 0 radical (unpaired) electrons. The molecule has 2 heterocycles. The SMILES string of the molecule is CC.NCCC1=C2Oc3c(ccc4c3CCN4)C=C2C=CC1. The molecular weight excluding hydrogens is 272 g/mol. The summed E-state index contributed by atoms with van der Waals surface area (Å²) in [6.45, 7) is 5.67. The summed E-state index contributed by atoms with van der Waals surface area (Å²) in [4.78, 5) is 0. The molecule has 0 spiro atoms. The highest BCUT2D eigenvalue weighted by Gasteiger charge is 2.26. The fourth-order valence-corrected chi connectivity index (χ4v) is 3.22. The molecule has 3 heteroatoms. The molecule has 116 valence electrons. The van der Waals surface area contributed by atoms with E-state index in [2.05, 4.69) is 35.7 Å². The highest BCUT2D eigenvalue weighted by Crippen LogP contribution is 2.42. The first kappa shape index (κ1) is 14.9. The van der Waals surface area contributed by atoms with Crippen LogP contribution < -0.4 is 15.8 Å². The van der Waals surface area contributed by atoms with E-state index in [-0.39, 0.29) is 0 Å². The lowest BCUT2D eigenvalue weighted by molar-refractivity contribution is 0.418. The summed E-state index contributed by atoms with van der Waals surface area (Å²) in [5.74, 6) is 2.07. The Hall–Kier alpha value is -2.00. The second-order valence-corrected chi connectivity index (χ2v) is 5.47. The Morgan fingerprint density at radius 2 is 2.14 bits per heavy atom. The minimum Gasteiger partial charge on any atom is -0.456 e. The Bertz CT molecular complexity index is 668. The molecule has 3 N–H and O–H groups in total. The Balaban J connectivity index is 0.000000693. The van der Waals surface area contributed by atoms with Crippen LogP contribution in [0.4, 0.5) is 5.69 Å². The minimum absolute atomic E-state index is 0.671. The van der Waals surface area contributed by atoms with Crippen molar-refractivity contribution in [3.63, 3.8) is 0 Å². The molecule has 0 atom stereocenters. The van der Waals surface area contributed by atoms with Gasteiger partial charge in [0.1, 0.15) is 11.5 Å². The molecular formula is C19H24N2O. The van der Waals surface area contributed by atoms with E-state index in [1.54, 1.807) is 0 Å². The molecule has 0 saturated heterocycles. The molecule has 0 aromatic heterocycles. The third-order valence-corrected chi connectivity index (χ3v) is 4.19. The zero-order chi connectivity index (χ0) is 15.5. The van der Waals surface area contributed by atoms with E-state index < -0.39 is 0 Å². The van der Waals surface area contributed by atoms with E-state index in [1.165, 1.54) is 28.0 Å². The van der Waals surface area contributed by atoms with Crippen LogP contribution in [0.1, 0.15) is 37.8 Å². The lowest BCUT2D eigenvalue weighted by Crippen LogP contribution is -2.13. The van der Waals surface area contributed by atoms with Crippen molar-refractivity contribution < 1.29 is 4.74 Å². The number of anilines is 1. The molecule has 0 saturated carbocycles. The Morgan fingerprint density at radius 1 is 1.27 bits per heavy atom. The number of ether oxygens (including phenoxy) is 1. The first-order valence-electron chi connectivity index (χ1n) is 8.25. The van der Waals surface area contributed by atoms with Gasteiger partial charge >= 0.3 is 0 Å². The van der Waals surface area contributed by atoms with E-state index in [1.807, 2.05) is 13.8 Å². The molecule has 1 aromatic carbocycles. The Morgan fingerprint density at radius 3 is 2.95 bits per heavy atom. The number of nitrogens with one attached hydrogen (secondary N) is 1. The second kappa shape index (κ2) is 6.41. The van der Waals surface area contributed by atoms with Crippen LogP contribution in [0.2, 0.25) is 0 Å². The monoisotopic (exact) mass is 296 g/mol. The van der Waals surface area contributed by atoms with Gasteiger partial charge in [-0.1, -0.05) is 26.0 Å². The summed E-state index contributed by atoms with van der Waals surface area (Å²) in [5.41, 5.74) is 11.9. The van der Waals surface area contributed by atoms with Gasteiger partial charge in [-0.15, -0.1) is 0 Å². The van der Waals surface area contributed by atoms with Crippen molar-refractivity contribution >= 4 is 11.8 Å². The van der Waals surface area contributed by atoms with Crippen molar-refractivity contribution in [1.29, 1.82) is 0 Å². The third kappa shape index (κ3) is 2.46. The highest BCUT2D eigenvalue weighted by molar-refractivity contribution is 5.76. The van der Waals surface area contributed by atoms with Crippen molar-refractivity contribution in [2.45, 2.75) is 33.1 Å². The first-order chi connectivity index (χ1) is 10.9. The van der Waals surface area contributed by atoms with Crippen molar-refractivity contribution in [3.05, 3.63) is 52.3 Å². The topological polar surface area (TPSA) is 47.3 Å². The summed E-state index contributed by atoms with van der Waals surface area (Å²) in [6.07, 6.45) is 9.48. The van der Waals surface area contributed by atoms with E-state index in [0.717, 1.165) is 37.3 Å². The van der Waals surface area contributed by atoms with Crippen LogP contribution in [-0.4, -0.2) is 13.1 Å². The van der Waals surface area contributed by atoms with Gasteiger partial charge in [0.2, 0.25) is 0 Å². The smallest absolute Gasteiger partial charge is 0.140 e. The van der Waals surface area contributed by atoms with Gasteiger partial charge in [-0.05, 0) is 49.6 Å². The number of benzene rings is 1. The maximum Gasteiger partial charge on any atom is 0.140 e. The molecule has 4 rings (SSSR count). The lowest BCUT2D eigenvalue weighted by Gasteiger charge is -2.26. The predicted molar refractivity (Wildman–Crippen MR) is 93.0 cm³/mol. The molecule has 0 bridgehead atoms. The molecule has 0 amide bonds. The summed E-state index contributed by atoms with van der Waals surface area (Å²) in [6, 6.07) is 4.30. The van der Waals surface area contributed by atoms with Crippen LogP contribution in [0.3, 0.4) is 0 Å². The highest BCUT2D eigenvalue weighted by atomic mass is 16.5. The first-order valence-corrected chi connectivity index (χ1v) is 8.25. The summed E-state index contributed by atoms with van der Waals surface area (Å²) < 4.78 is 6.31. The van der Waals surface area contributed by atoms with Crippen LogP contribution >= 0.6 is 0 Å². The number of nitrogens with two attached hydrogens (primary N) is 1. The van der Waals surface area contributed by atoms with Gasteiger partial charge in [-0.2, -0.15) is 0 Å². The predicted octanol–water partition coefficient (Wildman–Crippen LogP) is 4.02. The van der Waals surface area contributed by atoms with Crippen molar-refractivity contribution in [2.75, 3.05) is 18.4 Å². The van der Waals surface area contributed by atoms with Gasteiger partial charge < -0.3 is 15.8 Å². The second-order valence-electron chi connectivity index (χ2n) is 5.47. The van der Waals surface area contributed by atoms with Crippen molar-refractivity contribution in [3.8, 4) is 5.75 Å². The quantitative estimate of drug-likeness (QED) is 0.866. The fraction of sp³-hybridized carbons (Fsp3) is 0.368. The average molecular weight is 296 g/mol. The van der Waals surface area contributed by atoms with Crippen LogP contribution in [-0.2, 0) is 6.42 Å². The van der Waals surface area contributed by atoms with Crippen LogP contribution in [0.5, 0.6) is 5.75 Å². The van der Waals surface area contributed by atoms with Gasteiger partial charge in [0.25, 0.3) is 0 Å². The zero-order valence-electron chi connectivity index (χ0n) is 13.4. The van der Waals surface area contributed by atoms with Gasteiger partial charge in [-0.3, -0.25) is 0 Å².